The summed E-state index contributed by atoms with van der Waals surface area (Å²) < 4.78 is 0. The first-order chi connectivity index (χ1) is 7.78. The highest BCUT2D eigenvalue weighted by molar-refractivity contribution is 5.07. The maximum absolute atomic E-state index is 3.54. The van der Waals surface area contributed by atoms with E-state index in [1.54, 1.807) is 0 Å². The Hall–Kier alpha value is -0.440. The Morgan fingerprint density at radius 3 is 1.00 bits per heavy atom. The van der Waals surface area contributed by atoms with Crippen molar-refractivity contribution in [3.63, 3.8) is 0 Å². The van der Waals surface area contributed by atoms with E-state index in [4.69, 9.17) is 0 Å². The van der Waals surface area contributed by atoms with Crippen LogP contribution >= 0.6 is 0 Å². The Balaban J connectivity index is 4.22. The van der Waals surface area contributed by atoms with E-state index in [9.17, 15) is 0 Å². The summed E-state index contributed by atoms with van der Waals surface area (Å²) in [6.07, 6.45) is 10.2. The van der Waals surface area contributed by atoms with Crippen LogP contribution in [0.5, 0.6) is 0 Å². The summed E-state index contributed by atoms with van der Waals surface area (Å²) in [6, 6.07) is 0. The van der Waals surface area contributed by atoms with Crippen LogP contribution in [-0.4, -0.2) is 0 Å². The second-order valence-corrected chi connectivity index (χ2v) is 4.84. The minimum absolute atomic E-state index is 0.659. The molecule has 0 aliphatic carbocycles. The molecule has 0 nitrogen and oxygen atoms in total. The van der Waals surface area contributed by atoms with Crippen molar-refractivity contribution in [2.75, 3.05) is 0 Å². The highest BCUT2D eigenvalue weighted by Crippen LogP contribution is 2.15. The quantitative estimate of drug-likeness (QED) is 0.481. The molecule has 0 saturated carbocycles. The average molecular weight is 222 g/mol. The first-order valence-electron chi connectivity index (χ1n) is 7.29. The summed E-state index contributed by atoms with van der Waals surface area (Å²) in [5, 5.41) is 0. The van der Waals surface area contributed by atoms with E-state index in [1.807, 2.05) is 0 Å². The second kappa shape index (κ2) is 11.1. The minimum atomic E-state index is 0.659. The molecule has 0 bridgehead atoms. The molecule has 0 radical (unpaired) electrons. The molecule has 94 valence electrons. The van der Waals surface area contributed by atoms with Crippen molar-refractivity contribution in [3.05, 3.63) is 0 Å². The van der Waals surface area contributed by atoms with Crippen molar-refractivity contribution < 1.29 is 0 Å². The number of rotatable bonds is 8. The van der Waals surface area contributed by atoms with Crippen LogP contribution in [0.25, 0.3) is 0 Å². The van der Waals surface area contributed by atoms with Gasteiger partial charge < -0.3 is 0 Å². The molecule has 0 aliphatic rings. The van der Waals surface area contributed by atoms with Crippen LogP contribution < -0.4 is 0 Å². The lowest BCUT2D eigenvalue weighted by Crippen LogP contribution is -2.00. The third kappa shape index (κ3) is 7.80. The number of hydrogen-bond donors (Lipinski definition) is 0. The van der Waals surface area contributed by atoms with Crippen molar-refractivity contribution in [1.29, 1.82) is 0 Å². The van der Waals surface area contributed by atoms with Crippen LogP contribution in [0.4, 0.5) is 0 Å². The third-order valence-corrected chi connectivity index (χ3v) is 3.04. The Bertz CT molecular complexity index is 162. The van der Waals surface area contributed by atoms with Gasteiger partial charge in [-0.1, -0.05) is 65.2 Å². The molecular formula is C16H30. The zero-order valence-corrected chi connectivity index (χ0v) is 11.8. The largest absolute Gasteiger partial charge is 0.0996 e. The molecule has 0 aliphatic heterocycles. The van der Waals surface area contributed by atoms with Crippen molar-refractivity contribution in [1.82, 2.24) is 0 Å². The van der Waals surface area contributed by atoms with Gasteiger partial charge in [0.2, 0.25) is 0 Å². The second-order valence-electron chi connectivity index (χ2n) is 4.84. The average Bonchev–Trinajstić information content (AvgIpc) is 2.27. The molecule has 0 spiro atoms. The molecule has 0 aromatic heterocycles. The Kier molecular flexibility index (Phi) is 10.8. The van der Waals surface area contributed by atoms with Crippen molar-refractivity contribution in [2.24, 2.45) is 11.8 Å². The maximum atomic E-state index is 3.54. The summed E-state index contributed by atoms with van der Waals surface area (Å²) in [7, 11) is 0. The van der Waals surface area contributed by atoms with Gasteiger partial charge in [0.15, 0.2) is 0 Å². The van der Waals surface area contributed by atoms with E-state index < -0.39 is 0 Å². The van der Waals surface area contributed by atoms with Gasteiger partial charge in [-0.15, -0.1) is 0 Å². The van der Waals surface area contributed by atoms with Crippen molar-refractivity contribution >= 4 is 0 Å². The van der Waals surface area contributed by atoms with Gasteiger partial charge in [-0.25, -0.2) is 0 Å². The van der Waals surface area contributed by atoms with Crippen molar-refractivity contribution in [3.8, 4) is 11.8 Å². The van der Waals surface area contributed by atoms with Crippen LogP contribution in [-0.2, 0) is 0 Å². The molecule has 16 heavy (non-hydrogen) atoms. The lowest BCUT2D eigenvalue weighted by atomic mass is 9.95. The lowest BCUT2D eigenvalue weighted by Gasteiger charge is -2.10. The van der Waals surface area contributed by atoms with Gasteiger partial charge in [0.1, 0.15) is 0 Å². The van der Waals surface area contributed by atoms with Gasteiger partial charge in [-0.3, -0.25) is 0 Å². The smallest absolute Gasteiger partial charge is 0.0202 e. The Morgan fingerprint density at radius 2 is 0.812 bits per heavy atom. The van der Waals surface area contributed by atoms with Crippen LogP contribution in [0, 0.1) is 23.7 Å². The van der Waals surface area contributed by atoms with Gasteiger partial charge in [0.25, 0.3) is 0 Å². The number of hydrogen-bond acceptors (Lipinski definition) is 0. The molecule has 0 rings (SSSR count). The van der Waals surface area contributed by atoms with Crippen molar-refractivity contribution in [2.45, 2.75) is 79.1 Å². The summed E-state index contributed by atoms with van der Waals surface area (Å²) in [4.78, 5) is 0. The van der Waals surface area contributed by atoms with E-state index >= 15 is 0 Å². The molecule has 0 unspecified atom stereocenters. The fraction of sp³-hybridized carbons (Fsp3) is 0.875. The molecule has 0 atom stereocenters. The van der Waals surface area contributed by atoms with Crippen LogP contribution in [0.3, 0.4) is 0 Å². The van der Waals surface area contributed by atoms with E-state index in [1.165, 1.54) is 51.4 Å². The third-order valence-electron chi connectivity index (χ3n) is 3.04. The van der Waals surface area contributed by atoms with Gasteiger partial charge in [-0.2, -0.15) is 0 Å². The van der Waals surface area contributed by atoms with E-state index in [0.29, 0.717) is 11.8 Å². The summed E-state index contributed by atoms with van der Waals surface area (Å²) in [5.74, 6) is 8.40. The first kappa shape index (κ1) is 15.6. The maximum Gasteiger partial charge on any atom is 0.0202 e. The molecule has 0 fully saturated rings. The fourth-order valence-electron chi connectivity index (χ4n) is 2.21. The highest BCUT2D eigenvalue weighted by Gasteiger charge is 2.05. The first-order valence-corrected chi connectivity index (χ1v) is 7.29. The highest BCUT2D eigenvalue weighted by atomic mass is 14.1. The molecule has 0 heteroatoms. The summed E-state index contributed by atoms with van der Waals surface area (Å²) in [5.41, 5.74) is 0. The van der Waals surface area contributed by atoms with Gasteiger partial charge >= 0.3 is 0 Å². The molecule has 0 N–H and O–H groups in total. The summed E-state index contributed by atoms with van der Waals surface area (Å²) >= 11 is 0. The Labute approximate surface area is 103 Å². The lowest BCUT2D eigenvalue weighted by molar-refractivity contribution is 0.529. The van der Waals surface area contributed by atoms with Crippen LogP contribution in [0.15, 0.2) is 0 Å². The molecule has 0 heterocycles. The van der Waals surface area contributed by atoms with Gasteiger partial charge in [0.05, 0.1) is 0 Å². The molecule has 0 aromatic carbocycles. The molecular weight excluding hydrogens is 192 g/mol. The van der Waals surface area contributed by atoms with Gasteiger partial charge in [0, 0.05) is 11.8 Å². The predicted molar refractivity (Wildman–Crippen MR) is 74.4 cm³/mol. The zero-order valence-electron chi connectivity index (χ0n) is 11.8. The SMILES string of the molecule is CCCC(C#CC(CCC)CCC)CCC. The van der Waals surface area contributed by atoms with E-state index in [2.05, 4.69) is 39.5 Å². The minimum Gasteiger partial charge on any atom is -0.0996 e. The van der Waals surface area contributed by atoms with E-state index in [-0.39, 0.29) is 0 Å². The summed E-state index contributed by atoms with van der Waals surface area (Å²) in [6.45, 7) is 9.06. The monoisotopic (exact) mass is 222 g/mol. The standard InChI is InChI=1S/C16H30/c1-5-9-15(10-6-2)13-14-16(11-7-3)12-8-4/h15-16H,5-12H2,1-4H3. The van der Waals surface area contributed by atoms with Crippen LogP contribution in [0.1, 0.15) is 79.1 Å². The predicted octanol–water partition coefficient (Wildman–Crippen LogP) is 5.42. The van der Waals surface area contributed by atoms with Crippen LogP contribution in [0.2, 0.25) is 0 Å². The van der Waals surface area contributed by atoms with Gasteiger partial charge in [-0.05, 0) is 25.7 Å². The zero-order chi connectivity index (χ0) is 12.2. The normalized spacial score (nSPS) is 10.6. The topological polar surface area (TPSA) is 0 Å². The van der Waals surface area contributed by atoms with E-state index in [0.717, 1.165) is 0 Å². The fourth-order valence-corrected chi connectivity index (χ4v) is 2.21. The molecule has 0 aromatic rings. The Morgan fingerprint density at radius 1 is 0.562 bits per heavy atom. The molecule has 0 saturated heterocycles. The molecule has 0 amide bonds.